The Hall–Kier alpha value is -1.07. The van der Waals surface area contributed by atoms with Gasteiger partial charge in [0.2, 0.25) is 5.91 Å². The predicted octanol–water partition coefficient (Wildman–Crippen LogP) is 2.09. The number of halogens is 1. The molecule has 1 aliphatic heterocycles. The number of aromatic nitrogens is 2. The van der Waals surface area contributed by atoms with E-state index < -0.39 is 0 Å². The number of hydrogen-bond acceptors (Lipinski definition) is 3. The van der Waals surface area contributed by atoms with Crippen LogP contribution in [0.3, 0.4) is 0 Å². The standard InChI is InChI=1S/C13H20ClN3O2/c1-8(12-5-4-6-19-12)16-13(18)10(3)17-9(2)11(14)7-15-17/h7-8,10,12H,4-6H2,1-3H3,(H,16,18). The van der Waals surface area contributed by atoms with Gasteiger partial charge in [0.1, 0.15) is 6.04 Å². The molecule has 106 valence electrons. The molecule has 1 fully saturated rings. The molecule has 0 radical (unpaired) electrons. The van der Waals surface area contributed by atoms with Crippen molar-refractivity contribution in [1.29, 1.82) is 0 Å². The van der Waals surface area contributed by atoms with Crippen LogP contribution in [0.25, 0.3) is 0 Å². The van der Waals surface area contributed by atoms with Gasteiger partial charge >= 0.3 is 0 Å². The Kier molecular flexibility index (Phi) is 4.47. The van der Waals surface area contributed by atoms with E-state index in [2.05, 4.69) is 10.4 Å². The van der Waals surface area contributed by atoms with Gasteiger partial charge in [-0.3, -0.25) is 9.48 Å². The van der Waals surface area contributed by atoms with Gasteiger partial charge in [-0.2, -0.15) is 5.10 Å². The van der Waals surface area contributed by atoms with Crippen LogP contribution < -0.4 is 5.32 Å². The summed E-state index contributed by atoms with van der Waals surface area (Å²) < 4.78 is 7.21. The van der Waals surface area contributed by atoms with Gasteiger partial charge in [0.25, 0.3) is 0 Å². The van der Waals surface area contributed by atoms with Crippen molar-refractivity contribution < 1.29 is 9.53 Å². The fourth-order valence-electron chi connectivity index (χ4n) is 2.34. The van der Waals surface area contributed by atoms with Crippen LogP contribution in [-0.4, -0.2) is 34.4 Å². The van der Waals surface area contributed by atoms with Crippen molar-refractivity contribution in [1.82, 2.24) is 15.1 Å². The molecule has 0 saturated carbocycles. The van der Waals surface area contributed by atoms with Gasteiger partial charge in [0.15, 0.2) is 0 Å². The first-order chi connectivity index (χ1) is 9.00. The maximum absolute atomic E-state index is 12.2. The van der Waals surface area contributed by atoms with Gasteiger partial charge < -0.3 is 10.1 Å². The first-order valence-electron chi connectivity index (χ1n) is 6.62. The number of carbonyl (C=O) groups excluding carboxylic acids is 1. The minimum atomic E-state index is -0.378. The van der Waals surface area contributed by atoms with E-state index in [1.807, 2.05) is 20.8 Å². The van der Waals surface area contributed by atoms with Crippen molar-refractivity contribution in [3.63, 3.8) is 0 Å². The van der Waals surface area contributed by atoms with Gasteiger partial charge in [-0.25, -0.2) is 0 Å². The molecule has 0 aromatic carbocycles. The maximum Gasteiger partial charge on any atom is 0.244 e. The Morgan fingerprint density at radius 2 is 2.37 bits per heavy atom. The van der Waals surface area contributed by atoms with Crippen molar-refractivity contribution in [3.8, 4) is 0 Å². The number of hydrogen-bond donors (Lipinski definition) is 1. The molecule has 0 aliphatic carbocycles. The third-order valence-electron chi connectivity index (χ3n) is 3.62. The lowest BCUT2D eigenvalue weighted by atomic mass is 10.1. The van der Waals surface area contributed by atoms with Crippen LogP contribution in [0.2, 0.25) is 5.02 Å². The van der Waals surface area contributed by atoms with Crippen LogP contribution in [0, 0.1) is 6.92 Å². The van der Waals surface area contributed by atoms with E-state index in [9.17, 15) is 4.79 Å². The Bertz CT molecular complexity index is 455. The Balaban J connectivity index is 1.97. The second kappa shape index (κ2) is 5.92. The highest BCUT2D eigenvalue weighted by Gasteiger charge is 2.26. The molecule has 0 spiro atoms. The van der Waals surface area contributed by atoms with E-state index in [0.717, 1.165) is 25.1 Å². The third-order valence-corrected chi connectivity index (χ3v) is 3.99. The largest absolute Gasteiger partial charge is 0.376 e. The van der Waals surface area contributed by atoms with E-state index in [-0.39, 0.29) is 24.1 Å². The zero-order chi connectivity index (χ0) is 14.0. The number of rotatable bonds is 4. The molecular formula is C13H20ClN3O2. The quantitative estimate of drug-likeness (QED) is 0.922. The SMILES string of the molecule is Cc1c(Cl)cnn1C(C)C(=O)NC(C)C1CCCO1. The van der Waals surface area contributed by atoms with E-state index in [1.54, 1.807) is 10.9 Å². The van der Waals surface area contributed by atoms with Gasteiger partial charge in [-0.05, 0) is 33.6 Å². The fourth-order valence-corrected chi connectivity index (χ4v) is 2.47. The van der Waals surface area contributed by atoms with Crippen molar-refractivity contribution in [3.05, 3.63) is 16.9 Å². The molecule has 1 aliphatic rings. The Morgan fingerprint density at radius 3 is 2.89 bits per heavy atom. The highest BCUT2D eigenvalue weighted by molar-refractivity contribution is 6.31. The van der Waals surface area contributed by atoms with Crippen molar-refractivity contribution in [2.75, 3.05) is 6.61 Å². The summed E-state index contributed by atoms with van der Waals surface area (Å²) in [5, 5.41) is 7.70. The number of ether oxygens (including phenoxy) is 1. The minimum Gasteiger partial charge on any atom is -0.376 e. The first-order valence-corrected chi connectivity index (χ1v) is 7.00. The van der Waals surface area contributed by atoms with Crippen LogP contribution in [0.4, 0.5) is 0 Å². The van der Waals surface area contributed by atoms with Gasteiger partial charge in [0.05, 0.1) is 29.1 Å². The molecule has 1 saturated heterocycles. The summed E-state index contributed by atoms with van der Waals surface area (Å²) >= 11 is 5.95. The number of amides is 1. The van der Waals surface area contributed by atoms with Crippen molar-refractivity contribution in [2.24, 2.45) is 0 Å². The second-order valence-corrected chi connectivity index (χ2v) is 5.45. The average Bonchev–Trinajstić information content (AvgIpc) is 3.00. The molecule has 19 heavy (non-hydrogen) atoms. The topological polar surface area (TPSA) is 56.2 Å². The van der Waals surface area contributed by atoms with Crippen molar-refractivity contribution in [2.45, 2.75) is 51.8 Å². The summed E-state index contributed by atoms with van der Waals surface area (Å²) in [5.41, 5.74) is 0.800. The number of carbonyl (C=O) groups is 1. The molecule has 0 bridgehead atoms. The molecule has 1 amide bonds. The molecule has 3 atom stereocenters. The first kappa shape index (κ1) is 14.3. The molecular weight excluding hydrogens is 266 g/mol. The lowest BCUT2D eigenvalue weighted by molar-refractivity contribution is -0.125. The van der Waals surface area contributed by atoms with Crippen molar-refractivity contribution >= 4 is 17.5 Å². The van der Waals surface area contributed by atoms with Crippen LogP contribution >= 0.6 is 11.6 Å². The lowest BCUT2D eigenvalue weighted by Crippen LogP contribution is -2.43. The zero-order valence-electron chi connectivity index (χ0n) is 11.5. The summed E-state index contributed by atoms with van der Waals surface area (Å²) in [4.78, 5) is 12.2. The highest BCUT2D eigenvalue weighted by Crippen LogP contribution is 2.19. The Morgan fingerprint density at radius 1 is 1.63 bits per heavy atom. The van der Waals surface area contributed by atoms with Crippen LogP contribution in [0.5, 0.6) is 0 Å². The summed E-state index contributed by atoms with van der Waals surface area (Å²) in [6.45, 7) is 6.42. The summed E-state index contributed by atoms with van der Waals surface area (Å²) in [7, 11) is 0. The molecule has 2 heterocycles. The molecule has 3 unspecified atom stereocenters. The third kappa shape index (κ3) is 3.09. The molecule has 2 rings (SSSR count). The van der Waals surface area contributed by atoms with E-state index in [4.69, 9.17) is 16.3 Å². The fraction of sp³-hybridized carbons (Fsp3) is 0.692. The van der Waals surface area contributed by atoms with Crippen LogP contribution in [-0.2, 0) is 9.53 Å². The summed E-state index contributed by atoms with van der Waals surface area (Å²) in [6.07, 6.45) is 3.75. The number of nitrogens with zero attached hydrogens (tertiary/aromatic N) is 2. The molecule has 1 N–H and O–H groups in total. The highest BCUT2D eigenvalue weighted by atomic mass is 35.5. The molecule has 1 aromatic rings. The van der Waals surface area contributed by atoms with Crippen LogP contribution in [0.1, 0.15) is 38.4 Å². The second-order valence-electron chi connectivity index (χ2n) is 5.05. The average molecular weight is 286 g/mol. The Labute approximate surface area is 118 Å². The van der Waals surface area contributed by atoms with Gasteiger partial charge in [-0.15, -0.1) is 0 Å². The monoisotopic (exact) mass is 285 g/mol. The zero-order valence-corrected chi connectivity index (χ0v) is 12.3. The predicted molar refractivity (Wildman–Crippen MR) is 73.3 cm³/mol. The molecule has 5 nitrogen and oxygen atoms in total. The van der Waals surface area contributed by atoms with Gasteiger partial charge in [-0.1, -0.05) is 11.6 Å². The van der Waals surface area contributed by atoms with Gasteiger partial charge in [0, 0.05) is 6.61 Å². The molecule has 1 aromatic heterocycles. The number of nitrogens with one attached hydrogen (secondary N) is 1. The summed E-state index contributed by atoms with van der Waals surface area (Å²) in [5.74, 6) is -0.0640. The smallest absolute Gasteiger partial charge is 0.244 e. The van der Waals surface area contributed by atoms with E-state index in [0.29, 0.717) is 5.02 Å². The normalized spacial score (nSPS) is 22.2. The van der Waals surface area contributed by atoms with Crippen LogP contribution in [0.15, 0.2) is 6.20 Å². The van der Waals surface area contributed by atoms with E-state index in [1.165, 1.54) is 0 Å². The minimum absolute atomic E-state index is 0.0174. The lowest BCUT2D eigenvalue weighted by Gasteiger charge is -2.22. The van der Waals surface area contributed by atoms with E-state index >= 15 is 0 Å². The maximum atomic E-state index is 12.2. The summed E-state index contributed by atoms with van der Waals surface area (Å²) in [6, 6.07) is -0.361. The molecule has 6 heteroatoms.